The molecule has 1 fully saturated rings. The van der Waals surface area contributed by atoms with Crippen molar-refractivity contribution in [3.05, 3.63) is 28.2 Å². The standard InChI is InChI=1S/C12H16BrNO/c1-14-12(5-6-12)8-9-3-4-10(13)7-11(9)15-2/h3-4,7,14H,5-6,8H2,1-2H3. The Labute approximate surface area is 99.1 Å². The maximum absolute atomic E-state index is 5.39. The van der Waals surface area contributed by atoms with Crippen LogP contribution in [-0.4, -0.2) is 19.7 Å². The zero-order valence-electron chi connectivity index (χ0n) is 9.14. The number of halogens is 1. The SMILES string of the molecule is CNC1(Cc2ccc(Br)cc2OC)CC1. The van der Waals surface area contributed by atoms with E-state index in [1.165, 1.54) is 18.4 Å². The minimum Gasteiger partial charge on any atom is -0.496 e. The molecule has 0 unspecified atom stereocenters. The van der Waals surface area contributed by atoms with Crippen LogP contribution in [0.3, 0.4) is 0 Å². The van der Waals surface area contributed by atoms with Gasteiger partial charge < -0.3 is 10.1 Å². The molecule has 0 bridgehead atoms. The molecule has 2 nitrogen and oxygen atoms in total. The highest BCUT2D eigenvalue weighted by Gasteiger charge is 2.41. The number of hydrogen-bond donors (Lipinski definition) is 1. The van der Waals surface area contributed by atoms with Crippen molar-refractivity contribution in [2.75, 3.05) is 14.2 Å². The molecule has 1 aliphatic rings. The van der Waals surface area contributed by atoms with Crippen LogP contribution in [0, 0.1) is 0 Å². The molecule has 0 aromatic heterocycles. The van der Waals surface area contributed by atoms with Crippen molar-refractivity contribution in [1.82, 2.24) is 5.32 Å². The molecule has 0 aliphatic heterocycles. The Morgan fingerprint density at radius 3 is 2.73 bits per heavy atom. The number of likely N-dealkylation sites (N-methyl/N-ethyl adjacent to an activating group) is 1. The number of nitrogens with one attached hydrogen (secondary N) is 1. The van der Waals surface area contributed by atoms with E-state index < -0.39 is 0 Å². The van der Waals surface area contributed by atoms with Gasteiger partial charge in [-0.05, 0) is 44.0 Å². The molecule has 0 heterocycles. The largest absolute Gasteiger partial charge is 0.496 e. The third kappa shape index (κ3) is 2.34. The summed E-state index contributed by atoms with van der Waals surface area (Å²) in [6.45, 7) is 0. The van der Waals surface area contributed by atoms with Crippen LogP contribution in [0.1, 0.15) is 18.4 Å². The molecule has 15 heavy (non-hydrogen) atoms. The number of ether oxygens (including phenoxy) is 1. The fraction of sp³-hybridized carbons (Fsp3) is 0.500. The Morgan fingerprint density at radius 2 is 2.20 bits per heavy atom. The molecule has 82 valence electrons. The van der Waals surface area contributed by atoms with Crippen LogP contribution in [0.2, 0.25) is 0 Å². The zero-order valence-corrected chi connectivity index (χ0v) is 10.7. The Kier molecular flexibility index (Phi) is 3.03. The molecule has 2 rings (SSSR count). The zero-order chi connectivity index (χ0) is 10.9. The van der Waals surface area contributed by atoms with E-state index in [0.29, 0.717) is 5.54 Å². The first-order valence-electron chi connectivity index (χ1n) is 5.20. The summed E-state index contributed by atoms with van der Waals surface area (Å²) in [4.78, 5) is 0. The second-order valence-electron chi connectivity index (χ2n) is 4.16. The van der Waals surface area contributed by atoms with Gasteiger partial charge in [-0.3, -0.25) is 0 Å². The molecular weight excluding hydrogens is 254 g/mol. The predicted octanol–water partition coefficient (Wildman–Crippen LogP) is 2.75. The highest BCUT2D eigenvalue weighted by Crippen LogP contribution is 2.40. The molecule has 1 saturated carbocycles. The van der Waals surface area contributed by atoms with Crippen molar-refractivity contribution in [3.8, 4) is 5.75 Å². The summed E-state index contributed by atoms with van der Waals surface area (Å²) >= 11 is 3.45. The second kappa shape index (κ2) is 4.14. The van der Waals surface area contributed by atoms with Crippen molar-refractivity contribution in [3.63, 3.8) is 0 Å². The number of benzene rings is 1. The summed E-state index contributed by atoms with van der Waals surface area (Å²) in [6, 6.07) is 6.24. The van der Waals surface area contributed by atoms with Gasteiger partial charge in [-0.25, -0.2) is 0 Å². The fourth-order valence-electron chi connectivity index (χ4n) is 1.90. The molecule has 1 aliphatic carbocycles. The van der Waals surface area contributed by atoms with Crippen LogP contribution in [-0.2, 0) is 6.42 Å². The predicted molar refractivity (Wildman–Crippen MR) is 65.4 cm³/mol. The van der Waals surface area contributed by atoms with Crippen molar-refractivity contribution in [1.29, 1.82) is 0 Å². The minimum atomic E-state index is 0.334. The van der Waals surface area contributed by atoms with Crippen LogP contribution >= 0.6 is 15.9 Å². The maximum atomic E-state index is 5.39. The summed E-state index contributed by atoms with van der Waals surface area (Å²) in [5, 5.41) is 3.40. The average Bonchev–Trinajstić information content (AvgIpc) is 3.01. The third-order valence-electron chi connectivity index (χ3n) is 3.16. The highest BCUT2D eigenvalue weighted by atomic mass is 79.9. The van der Waals surface area contributed by atoms with E-state index in [4.69, 9.17) is 4.74 Å². The highest BCUT2D eigenvalue weighted by molar-refractivity contribution is 9.10. The summed E-state index contributed by atoms with van der Waals surface area (Å²) in [7, 11) is 3.77. The summed E-state index contributed by atoms with van der Waals surface area (Å²) < 4.78 is 6.45. The first-order valence-corrected chi connectivity index (χ1v) is 6.00. The van der Waals surface area contributed by atoms with Crippen molar-refractivity contribution in [2.45, 2.75) is 24.8 Å². The topological polar surface area (TPSA) is 21.3 Å². The van der Waals surface area contributed by atoms with Gasteiger partial charge in [0.1, 0.15) is 5.75 Å². The molecule has 1 N–H and O–H groups in total. The second-order valence-corrected chi connectivity index (χ2v) is 5.08. The summed E-state index contributed by atoms with van der Waals surface area (Å²) in [6.07, 6.45) is 3.59. The monoisotopic (exact) mass is 269 g/mol. The van der Waals surface area contributed by atoms with Gasteiger partial charge in [-0.15, -0.1) is 0 Å². The van der Waals surface area contributed by atoms with Gasteiger partial charge in [-0.1, -0.05) is 22.0 Å². The van der Waals surface area contributed by atoms with Gasteiger partial charge in [0.25, 0.3) is 0 Å². The summed E-state index contributed by atoms with van der Waals surface area (Å²) in [5.41, 5.74) is 1.62. The molecule has 1 aromatic carbocycles. The van der Waals surface area contributed by atoms with E-state index in [1.807, 2.05) is 13.1 Å². The van der Waals surface area contributed by atoms with Crippen molar-refractivity contribution in [2.24, 2.45) is 0 Å². The van der Waals surface area contributed by atoms with Crippen molar-refractivity contribution >= 4 is 15.9 Å². The van der Waals surface area contributed by atoms with Gasteiger partial charge in [0.2, 0.25) is 0 Å². The lowest BCUT2D eigenvalue weighted by molar-refractivity contribution is 0.404. The van der Waals surface area contributed by atoms with Crippen LogP contribution in [0.5, 0.6) is 5.75 Å². The smallest absolute Gasteiger partial charge is 0.123 e. The van der Waals surface area contributed by atoms with Crippen LogP contribution < -0.4 is 10.1 Å². The maximum Gasteiger partial charge on any atom is 0.123 e. The van der Waals surface area contributed by atoms with E-state index in [9.17, 15) is 0 Å². The van der Waals surface area contributed by atoms with E-state index in [-0.39, 0.29) is 0 Å². The molecule has 0 saturated heterocycles. The van der Waals surface area contributed by atoms with Gasteiger partial charge in [0.15, 0.2) is 0 Å². The Morgan fingerprint density at radius 1 is 1.47 bits per heavy atom. The molecule has 1 aromatic rings. The van der Waals surface area contributed by atoms with Crippen LogP contribution in [0.4, 0.5) is 0 Å². The first-order chi connectivity index (χ1) is 7.19. The van der Waals surface area contributed by atoms with E-state index >= 15 is 0 Å². The van der Waals surface area contributed by atoms with E-state index in [0.717, 1.165) is 16.6 Å². The third-order valence-corrected chi connectivity index (χ3v) is 3.66. The van der Waals surface area contributed by atoms with E-state index in [1.54, 1.807) is 7.11 Å². The molecule has 0 spiro atoms. The van der Waals surface area contributed by atoms with Gasteiger partial charge in [0, 0.05) is 10.0 Å². The van der Waals surface area contributed by atoms with Crippen LogP contribution in [0.15, 0.2) is 22.7 Å². The molecular formula is C12H16BrNO. The Balaban J connectivity index is 2.20. The minimum absolute atomic E-state index is 0.334. The quantitative estimate of drug-likeness (QED) is 0.908. The number of methoxy groups -OCH3 is 1. The summed E-state index contributed by atoms with van der Waals surface area (Å²) in [5.74, 6) is 0.978. The van der Waals surface area contributed by atoms with E-state index in [2.05, 4.69) is 33.4 Å². The number of rotatable bonds is 4. The molecule has 0 atom stereocenters. The van der Waals surface area contributed by atoms with Crippen molar-refractivity contribution < 1.29 is 4.74 Å². The average molecular weight is 270 g/mol. The lowest BCUT2D eigenvalue weighted by Gasteiger charge is -2.16. The molecule has 0 radical (unpaired) electrons. The lowest BCUT2D eigenvalue weighted by Crippen LogP contribution is -2.29. The normalized spacial score (nSPS) is 17.5. The van der Waals surface area contributed by atoms with Gasteiger partial charge in [0.05, 0.1) is 7.11 Å². The first kappa shape index (κ1) is 11.0. The Bertz CT molecular complexity index is 361. The molecule has 0 amide bonds. The fourth-order valence-corrected chi connectivity index (χ4v) is 2.24. The van der Waals surface area contributed by atoms with Crippen LogP contribution in [0.25, 0.3) is 0 Å². The van der Waals surface area contributed by atoms with Gasteiger partial charge >= 0.3 is 0 Å². The molecule has 3 heteroatoms. The number of hydrogen-bond acceptors (Lipinski definition) is 2. The Hall–Kier alpha value is -0.540. The lowest BCUT2D eigenvalue weighted by atomic mass is 10.0. The van der Waals surface area contributed by atoms with Gasteiger partial charge in [-0.2, -0.15) is 0 Å².